The molecule has 2 heterocycles. The largest absolute Gasteiger partial charge is 0.349 e. The van der Waals surface area contributed by atoms with Crippen molar-refractivity contribution in [2.45, 2.75) is 13.3 Å². The first kappa shape index (κ1) is 17.7. The van der Waals surface area contributed by atoms with Crippen LogP contribution in [0.25, 0.3) is 10.9 Å². The van der Waals surface area contributed by atoms with E-state index in [-0.39, 0.29) is 11.7 Å². The van der Waals surface area contributed by atoms with Gasteiger partial charge in [0.2, 0.25) is 5.82 Å². The van der Waals surface area contributed by atoms with Gasteiger partial charge in [0.1, 0.15) is 5.82 Å². The van der Waals surface area contributed by atoms with Crippen molar-refractivity contribution in [3.63, 3.8) is 0 Å². The summed E-state index contributed by atoms with van der Waals surface area (Å²) < 4.78 is 0. The molecule has 4 aromatic rings. The van der Waals surface area contributed by atoms with E-state index in [1.807, 2.05) is 55.5 Å². The van der Waals surface area contributed by atoms with Gasteiger partial charge in [-0.15, -0.1) is 0 Å². The third-order valence-electron chi connectivity index (χ3n) is 4.36. The third-order valence-corrected chi connectivity index (χ3v) is 4.36. The molecule has 0 fully saturated rings. The summed E-state index contributed by atoms with van der Waals surface area (Å²) in [6.07, 6.45) is 4.02. The molecule has 0 aliphatic heterocycles. The van der Waals surface area contributed by atoms with E-state index in [9.17, 15) is 4.79 Å². The van der Waals surface area contributed by atoms with Gasteiger partial charge in [-0.3, -0.25) is 4.79 Å². The molecule has 0 aliphatic rings. The standard InChI is InChI=1S/C21H20N6O/c1-14-6-8-15(9-7-14)25-19-17-4-2-3-5-18(17)26-20(27-19)21(28)23-11-10-16-12-22-13-24-16/h2-9,12-13H,10-11H2,1H3,(H,22,24)(H,23,28)(H,25,26,27). The summed E-state index contributed by atoms with van der Waals surface area (Å²) in [7, 11) is 0. The number of hydrogen-bond donors (Lipinski definition) is 3. The lowest BCUT2D eigenvalue weighted by molar-refractivity contribution is 0.0944. The minimum absolute atomic E-state index is 0.137. The molecule has 1 amide bonds. The van der Waals surface area contributed by atoms with Gasteiger partial charge in [0.05, 0.1) is 11.8 Å². The SMILES string of the molecule is Cc1ccc(Nc2nc(C(=O)NCCc3cnc[nH]3)nc3ccccc23)cc1. The summed E-state index contributed by atoms with van der Waals surface area (Å²) >= 11 is 0. The molecule has 3 N–H and O–H groups in total. The fourth-order valence-electron chi connectivity index (χ4n) is 2.86. The molecular formula is C21H20N6O. The van der Waals surface area contributed by atoms with Gasteiger partial charge in [0.25, 0.3) is 5.91 Å². The number of anilines is 2. The molecule has 0 saturated carbocycles. The Bertz CT molecular complexity index is 1090. The van der Waals surface area contributed by atoms with Gasteiger partial charge in [-0.05, 0) is 31.2 Å². The van der Waals surface area contributed by atoms with Gasteiger partial charge in [-0.25, -0.2) is 15.0 Å². The van der Waals surface area contributed by atoms with Gasteiger partial charge in [-0.1, -0.05) is 29.8 Å². The van der Waals surface area contributed by atoms with Crippen molar-refractivity contribution in [3.05, 3.63) is 78.1 Å². The first-order valence-corrected chi connectivity index (χ1v) is 9.05. The van der Waals surface area contributed by atoms with Crippen molar-refractivity contribution in [3.8, 4) is 0 Å². The Morgan fingerprint density at radius 2 is 1.89 bits per heavy atom. The monoisotopic (exact) mass is 372 g/mol. The average molecular weight is 372 g/mol. The van der Waals surface area contributed by atoms with E-state index in [1.54, 1.807) is 12.5 Å². The number of aromatic amines is 1. The number of hydrogen-bond acceptors (Lipinski definition) is 5. The molecule has 0 saturated heterocycles. The van der Waals surface area contributed by atoms with Crippen LogP contribution in [0.15, 0.2) is 61.1 Å². The number of aromatic nitrogens is 4. The number of aryl methyl sites for hydroxylation is 1. The number of imidazole rings is 1. The second-order valence-electron chi connectivity index (χ2n) is 6.49. The Morgan fingerprint density at radius 1 is 1.07 bits per heavy atom. The summed E-state index contributed by atoms with van der Waals surface area (Å²) in [5.74, 6) is 0.434. The Labute approximate surface area is 162 Å². The number of carbonyl (C=O) groups is 1. The first-order chi connectivity index (χ1) is 13.7. The van der Waals surface area contributed by atoms with E-state index in [1.165, 1.54) is 5.56 Å². The predicted octanol–water partition coefficient (Wildman–Crippen LogP) is 3.38. The smallest absolute Gasteiger partial charge is 0.289 e. The Hall–Kier alpha value is -3.74. The number of benzene rings is 2. The molecule has 0 unspecified atom stereocenters. The maximum absolute atomic E-state index is 12.6. The van der Waals surface area contributed by atoms with E-state index >= 15 is 0 Å². The van der Waals surface area contributed by atoms with Crippen LogP contribution in [0.4, 0.5) is 11.5 Å². The van der Waals surface area contributed by atoms with Gasteiger partial charge in [0.15, 0.2) is 0 Å². The second kappa shape index (κ2) is 7.87. The van der Waals surface area contributed by atoms with E-state index in [2.05, 4.69) is 30.6 Å². The number of carbonyl (C=O) groups excluding carboxylic acids is 1. The lowest BCUT2D eigenvalue weighted by Gasteiger charge is -2.11. The lowest BCUT2D eigenvalue weighted by atomic mass is 10.2. The van der Waals surface area contributed by atoms with Crippen molar-refractivity contribution >= 4 is 28.3 Å². The molecule has 2 aromatic carbocycles. The number of fused-ring (bicyclic) bond motifs is 1. The highest BCUT2D eigenvalue weighted by atomic mass is 16.2. The van der Waals surface area contributed by atoms with Gasteiger partial charge < -0.3 is 15.6 Å². The highest BCUT2D eigenvalue weighted by molar-refractivity contribution is 5.97. The van der Waals surface area contributed by atoms with Crippen molar-refractivity contribution < 1.29 is 4.79 Å². The van der Waals surface area contributed by atoms with E-state index in [4.69, 9.17) is 0 Å². The van der Waals surface area contributed by atoms with Gasteiger partial charge >= 0.3 is 0 Å². The van der Waals surface area contributed by atoms with Crippen LogP contribution in [0.1, 0.15) is 21.9 Å². The normalized spacial score (nSPS) is 10.8. The molecule has 28 heavy (non-hydrogen) atoms. The van der Waals surface area contributed by atoms with E-state index < -0.39 is 0 Å². The maximum Gasteiger partial charge on any atom is 0.289 e. The molecule has 7 nitrogen and oxygen atoms in total. The van der Waals surface area contributed by atoms with Crippen LogP contribution >= 0.6 is 0 Å². The topological polar surface area (TPSA) is 95.6 Å². The second-order valence-corrected chi connectivity index (χ2v) is 6.49. The number of rotatable bonds is 6. The van der Waals surface area contributed by atoms with Gasteiger partial charge in [0, 0.05) is 35.9 Å². The molecule has 2 aromatic heterocycles. The van der Waals surface area contributed by atoms with Crippen molar-refractivity contribution in [2.24, 2.45) is 0 Å². The van der Waals surface area contributed by atoms with Crippen LogP contribution in [0.2, 0.25) is 0 Å². The van der Waals surface area contributed by atoms with Crippen LogP contribution in [-0.4, -0.2) is 32.4 Å². The zero-order valence-electron chi connectivity index (χ0n) is 15.4. The summed E-state index contributed by atoms with van der Waals surface area (Å²) in [6, 6.07) is 15.6. The van der Waals surface area contributed by atoms with Crippen LogP contribution in [0.3, 0.4) is 0 Å². The predicted molar refractivity (Wildman–Crippen MR) is 109 cm³/mol. The van der Waals surface area contributed by atoms with E-state index in [0.29, 0.717) is 24.3 Å². The van der Waals surface area contributed by atoms with Gasteiger partial charge in [-0.2, -0.15) is 0 Å². The van der Waals surface area contributed by atoms with Crippen molar-refractivity contribution in [1.82, 2.24) is 25.3 Å². The fourth-order valence-corrected chi connectivity index (χ4v) is 2.86. The third kappa shape index (κ3) is 3.98. The maximum atomic E-state index is 12.6. The Kier molecular flexibility index (Phi) is 4.97. The lowest BCUT2D eigenvalue weighted by Crippen LogP contribution is -2.27. The molecular weight excluding hydrogens is 352 g/mol. The molecule has 4 rings (SSSR count). The molecule has 140 valence electrons. The summed E-state index contributed by atoms with van der Waals surface area (Å²) in [5, 5.41) is 7.02. The van der Waals surface area contributed by atoms with Crippen molar-refractivity contribution in [2.75, 3.05) is 11.9 Å². The quantitative estimate of drug-likeness (QED) is 0.482. The number of para-hydroxylation sites is 1. The fraction of sp³-hybridized carbons (Fsp3) is 0.143. The Morgan fingerprint density at radius 3 is 2.68 bits per heavy atom. The highest BCUT2D eigenvalue weighted by Gasteiger charge is 2.14. The van der Waals surface area contributed by atoms with Crippen LogP contribution in [0.5, 0.6) is 0 Å². The van der Waals surface area contributed by atoms with Crippen LogP contribution in [-0.2, 0) is 6.42 Å². The average Bonchev–Trinajstić information content (AvgIpc) is 3.23. The first-order valence-electron chi connectivity index (χ1n) is 9.05. The molecule has 0 spiro atoms. The summed E-state index contributed by atoms with van der Waals surface area (Å²) in [6.45, 7) is 2.51. The molecule has 0 atom stereocenters. The minimum atomic E-state index is -0.308. The summed E-state index contributed by atoms with van der Waals surface area (Å²) in [4.78, 5) is 28.5. The van der Waals surface area contributed by atoms with Crippen molar-refractivity contribution in [1.29, 1.82) is 0 Å². The highest BCUT2D eigenvalue weighted by Crippen LogP contribution is 2.24. The minimum Gasteiger partial charge on any atom is -0.349 e. The number of amides is 1. The number of nitrogens with zero attached hydrogens (tertiary/aromatic N) is 3. The van der Waals surface area contributed by atoms with Crippen LogP contribution < -0.4 is 10.6 Å². The molecule has 7 heteroatoms. The van der Waals surface area contributed by atoms with E-state index in [0.717, 1.165) is 16.8 Å². The number of nitrogens with one attached hydrogen (secondary N) is 3. The molecule has 0 bridgehead atoms. The zero-order valence-corrected chi connectivity index (χ0v) is 15.4. The summed E-state index contributed by atoms with van der Waals surface area (Å²) in [5.41, 5.74) is 3.75. The molecule has 0 radical (unpaired) electrons. The zero-order chi connectivity index (χ0) is 19.3. The molecule has 0 aliphatic carbocycles. The number of H-pyrrole nitrogens is 1. The Balaban J connectivity index is 1.57. The van der Waals surface area contributed by atoms with Crippen LogP contribution in [0, 0.1) is 6.92 Å².